The van der Waals surface area contributed by atoms with E-state index in [9.17, 15) is 9.90 Å². The molecule has 0 aliphatic carbocycles. The largest absolute Gasteiger partial charge is 0.387 e. The minimum Gasteiger partial charge on any atom is -0.387 e. The molecule has 0 saturated carbocycles. The summed E-state index contributed by atoms with van der Waals surface area (Å²) in [4.78, 5) is 11.7. The summed E-state index contributed by atoms with van der Waals surface area (Å²) in [5, 5.41) is 17.5. The van der Waals surface area contributed by atoms with Gasteiger partial charge in [0.15, 0.2) is 0 Å². The van der Waals surface area contributed by atoms with Crippen LogP contribution < -0.4 is 10.9 Å². The van der Waals surface area contributed by atoms with Gasteiger partial charge < -0.3 is 10.4 Å². The molecule has 2 N–H and O–H groups in total. The lowest BCUT2D eigenvalue weighted by molar-refractivity contribution is 0.191. The van der Waals surface area contributed by atoms with Crippen molar-refractivity contribution in [3.63, 3.8) is 0 Å². The molecule has 0 saturated heterocycles. The van der Waals surface area contributed by atoms with Crippen molar-refractivity contribution in [1.82, 2.24) is 9.78 Å². The first-order valence-electron chi connectivity index (χ1n) is 5.89. The zero-order valence-electron chi connectivity index (χ0n) is 10.7. The Labute approximate surface area is 129 Å². The van der Waals surface area contributed by atoms with Crippen molar-refractivity contribution in [3.8, 4) is 0 Å². The van der Waals surface area contributed by atoms with Gasteiger partial charge in [-0.05, 0) is 22.0 Å². The van der Waals surface area contributed by atoms with E-state index in [1.807, 2.05) is 0 Å². The van der Waals surface area contributed by atoms with Gasteiger partial charge in [-0.15, -0.1) is 0 Å². The summed E-state index contributed by atoms with van der Waals surface area (Å²) in [6, 6.07) is 7.08. The zero-order chi connectivity index (χ0) is 14.7. The molecule has 1 unspecified atom stereocenters. The van der Waals surface area contributed by atoms with Gasteiger partial charge in [-0.3, -0.25) is 4.79 Å². The van der Waals surface area contributed by atoms with Crippen LogP contribution in [0.5, 0.6) is 0 Å². The highest BCUT2D eigenvalue weighted by Crippen LogP contribution is 2.23. The maximum absolute atomic E-state index is 11.7. The third-order valence-electron chi connectivity index (χ3n) is 2.83. The highest BCUT2D eigenvalue weighted by atomic mass is 79.9. The topological polar surface area (TPSA) is 67.2 Å². The average molecular weight is 359 g/mol. The quantitative estimate of drug-likeness (QED) is 0.880. The van der Waals surface area contributed by atoms with Gasteiger partial charge in [-0.2, -0.15) is 5.10 Å². The molecule has 1 aromatic carbocycles. The molecule has 0 radical (unpaired) electrons. The van der Waals surface area contributed by atoms with Crippen LogP contribution in [-0.2, 0) is 7.05 Å². The number of hydrogen-bond donors (Lipinski definition) is 2. The van der Waals surface area contributed by atoms with Crippen LogP contribution in [-0.4, -0.2) is 21.4 Å². The molecule has 1 aromatic heterocycles. The van der Waals surface area contributed by atoms with E-state index >= 15 is 0 Å². The van der Waals surface area contributed by atoms with Crippen LogP contribution in [0, 0.1) is 0 Å². The Morgan fingerprint density at radius 3 is 2.90 bits per heavy atom. The Bertz CT molecular complexity index is 675. The van der Waals surface area contributed by atoms with Crippen molar-refractivity contribution in [1.29, 1.82) is 0 Å². The number of aliphatic hydroxyl groups excluding tert-OH is 1. The number of nitrogens with zero attached hydrogens (tertiary/aromatic N) is 2. The van der Waals surface area contributed by atoms with Crippen molar-refractivity contribution >= 4 is 33.2 Å². The fourth-order valence-electron chi connectivity index (χ4n) is 1.70. The number of aliphatic hydroxyl groups is 1. The third kappa shape index (κ3) is 3.20. The van der Waals surface area contributed by atoms with E-state index in [1.165, 1.54) is 10.9 Å². The van der Waals surface area contributed by atoms with Gasteiger partial charge >= 0.3 is 0 Å². The maximum atomic E-state index is 11.7. The maximum Gasteiger partial charge on any atom is 0.282 e. The molecule has 1 heterocycles. The molecule has 0 amide bonds. The monoisotopic (exact) mass is 357 g/mol. The van der Waals surface area contributed by atoms with E-state index in [0.29, 0.717) is 20.7 Å². The van der Waals surface area contributed by atoms with Crippen LogP contribution in [0.15, 0.2) is 39.7 Å². The zero-order valence-corrected chi connectivity index (χ0v) is 13.0. The first-order valence-corrected chi connectivity index (χ1v) is 7.06. The van der Waals surface area contributed by atoms with Crippen molar-refractivity contribution in [2.24, 2.45) is 7.05 Å². The fourth-order valence-corrected chi connectivity index (χ4v) is 2.46. The first kappa shape index (κ1) is 15.0. The summed E-state index contributed by atoms with van der Waals surface area (Å²) in [6.45, 7) is 0.219. The van der Waals surface area contributed by atoms with Crippen LogP contribution in [0.1, 0.15) is 11.7 Å². The molecule has 0 fully saturated rings. The molecular formula is C13H13BrClN3O2. The normalized spacial score (nSPS) is 12.2. The lowest BCUT2D eigenvalue weighted by Crippen LogP contribution is -2.22. The van der Waals surface area contributed by atoms with Gasteiger partial charge in [0.05, 0.1) is 18.0 Å². The van der Waals surface area contributed by atoms with Gasteiger partial charge in [0.1, 0.15) is 4.47 Å². The Morgan fingerprint density at radius 2 is 2.20 bits per heavy atom. The number of aromatic nitrogens is 2. The fraction of sp³-hybridized carbons (Fsp3) is 0.231. The lowest BCUT2D eigenvalue weighted by Gasteiger charge is -2.15. The van der Waals surface area contributed by atoms with Crippen molar-refractivity contribution < 1.29 is 5.11 Å². The summed E-state index contributed by atoms with van der Waals surface area (Å²) < 4.78 is 1.60. The molecule has 5 nitrogen and oxygen atoms in total. The third-order valence-corrected chi connectivity index (χ3v) is 3.94. The molecule has 1 atom stereocenters. The summed E-state index contributed by atoms with van der Waals surface area (Å²) >= 11 is 9.22. The van der Waals surface area contributed by atoms with E-state index in [4.69, 9.17) is 11.6 Å². The van der Waals surface area contributed by atoms with Crippen molar-refractivity contribution in [2.45, 2.75) is 6.10 Å². The number of hydrogen-bond acceptors (Lipinski definition) is 4. The number of benzene rings is 1. The Kier molecular flexibility index (Phi) is 4.80. The van der Waals surface area contributed by atoms with Crippen LogP contribution in [0.25, 0.3) is 0 Å². The van der Waals surface area contributed by atoms with E-state index in [-0.39, 0.29) is 12.1 Å². The van der Waals surface area contributed by atoms with E-state index < -0.39 is 6.10 Å². The molecule has 2 aromatic rings. The van der Waals surface area contributed by atoms with Crippen LogP contribution in [0.3, 0.4) is 0 Å². The Hall–Kier alpha value is -1.37. The first-order chi connectivity index (χ1) is 9.50. The number of aryl methyl sites for hydroxylation is 1. The molecule has 7 heteroatoms. The molecule has 0 spiro atoms. The minimum atomic E-state index is -0.778. The number of rotatable bonds is 4. The second-order valence-electron chi connectivity index (χ2n) is 4.22. The summed E-state index contributed by atoms with van der Waals surface area (Å²) in [5.41, 5.74) is 0.913. The van der Waals surface area contributed by atoms with Gasteiger partial charge in [0.25, 0.3) is 5.56 Å². The van der Waals surface area contributed by atoms with Crippen LogP contribution >= 0.6 is 27.5 Å². The number of anilines is 1. The summed E-state index contributed by atoms with van der Waals surface area (Å²) in [6.07, 6.45) is 0.741. The Morgan fingerprint density at radius 1 is 1.50 bits per heavy atom. The summed E-state index contributed by atoms with van der Waals surface area (Å²) in [5.74, 6) is 0. The Balaban J connectivity index is 2.12. The van der Waals surface area contributed by atoms with E-state index in [0.717, 1.165) is 0 Å². The van der Waals surface area contributed by atoms with Gasteiger partial charge in [0, 0.05) is 24.2 Å². The van der Waals surface area contributed by atoms with Gasteiger partial charge in [-0.25, -0.2) is 4.68 Å². The highest BCUT2D eigenvalue weighted by Gasteiger charge is 2.12. The average Bonchev–Trinajstić information content (AvgIpc) is 2.44. The lowest BCUT2D eigenvalue weighted by atomic mass is 10.1. The highest BCUT2D eigenvalue weighted by molar-refractivity contribution is 9.10. The molecule has 0 aliphatic rings. The molecule has 0 bridgehead atoms. The predicted molar refractivity (Wildman–Crippen MR) is 82.1 cm³/mol. The van der Waals surface area contributed by atoms with Crippen LogP contribution in [0.4, 0.5) is 5.69 Å². The predicted octanol–water partition coefficient (Wildman–Crippen LogP) is 2.34. The van der Waals surface area contributed by atoms with Gasteiger partial charge in [0.2, 0.25) is 0 Å². The van der Waals surface area contributed by atoms with Crippen molar-refractivity contribution in [2.75, 3.05) is 11.9 Å². The number of halogens is 2. The molecule has 2 rings (SSSR count). The minimum absolute atomic E-state index is 0.219. The molecule has 0 aliphatic heterocycles. The smallest absolute Gasteiger partial charge is 0.282 e. The van der Waals surface area contributed by atoms with E-state index in [2.05, 4.69) is 26.3 Å². The number of nitrogens with one attached hydrogen (secondary N) is 1. The molecular weight excluding hydrogens is 346 g/mol. The molecule has 106 valence electrons. The summed E-state index contributed by atoms with van der Waals surface area (Å²) in [7, 11) is 1.56. The molecule has 20 heavy (non-hydrogen) atoms. The standard InChI is InChI=1S/C13H13BrClN3O2/c1-18-13(20)12(14)10(6-17-18)16-7-11(19)8-4-2-3-5-9(8)15/h2-6,11,16,19H,7H2,1H3. The van der Waals surface area contributed by atoms with E-state index in [1.54, 1.807) is 31.3 Å². The van der Waals surface area contributed by atoms with Crippen molar-refractivity contribution in [3.05, 3.63) is 55.9 Å². The SMILES string of the molecule is Cn1ncc(NCC(O)c2ccccc2Cl)c(Br)c1=O. The second-order valence-corrected chi connectivity index (χ2v) is 5.42. The van der Waals surface area contributed by atoms with Gasteiger partial charge in [-0.1, -0.05) is 29.8 Å². The second kappa shape index (κ2) is 6.39. The van der Waals surface area contributed by atoms with Crippen LogP contribution in [0.2, 0.25) is 5.02 Å².